The molecule has 2 saturated heterocycles. The van der Waals surface area contributed by atoms with E-state index in [1.54, 1.807) is 0 Å². The third-order valence-electron chi connectivity index (χ3n) is 14.3. The average Bonchev–Trinajstić information content (AvgIpc) is 3.51. The second-order valence-corrected chi connectivity index (χ2v) is 24.8. The van der Waals surface area contributed by atoms with Crippen LogP contribution in [0.25, 0.3) is 0 Å². The maximum atomic E-state index is 12.2. The van der Waals surface area contributed by atoms with Gasteiger partial charge in [0.2, 0.25) is 0 Å². The van der Waals surface area contributed by atoms with Gasteiger partial charge in [0.05, 0.1) is 36.9 Å². The van der Waals surface area contributed by atoms with Crippen molar-refractivity contribution in [2.24, 2.45) is 10.8 Å². The third-order valence-corrected chi connectivity index (χ3v) is 16.4. The van der Waals surface area contributed by atoms with Gasteiger partial charge in [0, 0.05) is 12.8 Å². The maximum Gasteiger partial charge on any atom is 2.00 e. The van der Waals surface area contributed by atoms with E-state index in [0.29, 0.717) is 12.8 Å². The maximum absolute atomic E-state index is 12.2. The normalized spacial score (nSPS) is 20.2. The van der Waals surface area contributed by atoms with Gasteiger partial charge in [0.15, 0.2) is 10.5 Å². The van der Waals surface area contributed by atoms with E-state index in [9.17, 15) is 64.9 Å². The minimum Gasteiger partial charge on any atom is -0.747 e. The van der Waals surface area contributed by atoms with Crippen molar-refractivity contribution in [2.45, 2.75) is 255 Å². The Morgan fingerprint density at radius 3 is 0.899 bits per heavy atom. The molecule has 0 spiro atoms. The van der Waals surface area contributed by atoms with Crippen molar-refractivity contribution in [3.05, 3.63) is 0 Å². The number of carbonyl (C=O) groups is 6. The van der Waals surface area contributed by atoms with Crippen molar-refractivity contribution in [3.63, 3.8) is 0 Å². The summed E-state index contributed by atoms with van der Waals surface area (Å²) in [5.41, 5.74) is -2.89. The Bertz CT molecular complexity index is 1770. The largest absolute Gasteiger partial charge is 2.00 e. The fraction of sp³-hybridized carbons (Fsp3) is 0.893. The first-order valence-corrected chi connectivity index (χ1v) is 32.3. The van der Waals surface area contributed by atoms with Gasteiger partial charge in [-0.3, -0.25) is 28.8 Å². The molecule has 2 N–H and O–H groups in total. The molecule has 20 nitrogen and oxygen atoms in total. The smallest absolute Gasteiger partial charge is 0.747 e. The quantitative estimate of drug-likeness (QED) is 0.0190. The molecule has 2 fully saturated rings. The zero-order valence-electron chi connectivity index (χ0n) is 48.0. The number of hydrogen-bond donors (Lipinski definition) is 2. The van der Waals surface area contributed by atoms with Crippen LogP contribution in [0.3, 0.4) is 0 Å². The first-order chi connectivity index (χ1) is 37.3. The fourth-order valence-electron chi connectivity index (χ4n) is 8.90. The van der Waals surface area contributed by atoms with Crippen molar-refractivity contribution in [1.82, 2.24) is 0 Å². The minimum atomic E-state index is -5.14. The molecular weight excluding hydrogens is 1100 g/mol. The topological polar surface area (TPSA) is 313 Å². The summed E-state index contributed by atoms with van der Waals surface area (Å²) in [5, 5.41) is 15.2. The Hall–Kier alpha value is -2.18. The van der Waals surface area contributed by atoms with E-state index in [-0.39, 0.29) is 50.6 Å². The predicted molar refractivity (Wildman–Crippen MR) is 295 cm³/mol. The molecule has 79 heavy (non-hydrogen) atoms. The summed E-state index contributed by atoms with van der Waals surface area (Å²) in [6, 6.07) is 0. The van der Waals surface area contributed by atoms with Crippen LogP contribution in [0.1, 0.15) is 245 Å². The van der Waals surface area contributed by atoms with Gasteiger partial charge in [-0.25, -0.2) is 16.8 Å². The molecule has 2 aliphatic heterocycles. The van der Waals surface area contributed by atoms with E-state index in [1.807, 2.05) is 0 Å². The van der Waals surface area contributed by atoms with Crippen LogP contribution in [0.4, 0.5) is 0 Å². The van der Waals surface area contributed by atoms with Crippen LogP contribution in [0.15, 0.2) is 0 Å². The van der Waals surface area contributed by atoms with E-state index in [4.69, 9.17) is 28.4 Å². The molecule has 0 aliphatic carbocycles. The molecule has 0 bridgehead atoms. The summed E-state index contributed by atoms with van der Waals surface area (Å²) in [6.07, 6.45) is 37.7. The number of unbranched alkanes of at least 4 members (excludes halogenated alkanes) is 30. The van der Waals surface area contributed by atoms with E-state index in [2.05, 4.69) is 13.8 Å². The van der Waals surface area contributed by atoms with Gasteiger partial charge < -0.3 is 47.7 Å². The Kier molecular flexibility index (Phi) is 45.0. The zero-order chi connectivity index (χ0) is 58.0. The van der Waals surface area contributed by atoms with E-state index >= 15 is 0 Å². The van der Waals surface area contributed by atoms with Crippen LogP contribution in [-0.4, -0.2) is 173 Å². The monoisotopic (exact) mass is 1190 g/mol. The fourth-order valence-corrected chi connectivity index (χ4v) is 10.2. The second kappa shape index (κ2) is 46.2. The molecule has 2 heterocycles. The molecule has 4 atom stereocenters. The molecule has 23 heteroatoms. The molecule has 4 unspecified atom stereocenters. The summed E-state index contributed by atoms with van der Waals surface area (Å²) < 4.78 is 97.8. The van der Waals surface area contributed by atoms with Gasteiger partial charge in [0.25, 0.3) is 0 Å². The number of ether oxygens (including phenoxy) is 6. The molecule has 0 aromatic heterocycles. The van der Waals surface area contributed by atoms with Gasteiger partial charge in [-0.1, -0.05) is 206 Å². The molecule has 0 amide bonds. The summed E-state index contributed by atoms with van der Waals surface area (Å²) in [5.74, 6) is -6.00. The summed E-state index contributed by atoms with van der Waals surface area (Å²) >= 11 is 0. The number of hydrogen-bond acceptors (Lipinski definition) is 20. The van der Waals surface area contributed by atoms with Crippen LogP contribution in [-0.2, 0) is 77.4 Å². The van der Waals surface area contributed by atoms with E-state index < -0.39 is 143 Å². The van der Waals surface area contributed by atoms with Crippen molar-refractivity contribution in [2.75, 3.05) is 52.9 Å². The number of aliphatic hydroxyl groups excluding tert-OH is 2. The Morgan fingerprint density at radius 1 is 0.443 bits per heavy atom. The molecule has 0 aromatic carbocycles. The molecule has 2 aliphatic rings. The molecular formula is C56H98CaO20S2. The summed E-state index contributed by atoms with van der Waals surface area (Å²) in [6.45, 7) is 0.307. The van der Waals surface area contributed by atoms with Crippen LogP contribution in [0.2, 0.25) is 0 Å². The Morgan fingerprint density at radius 2 is 0.671 bits per heavy atom. The van der Waals surface area contributed by atoms with Gasteiger partial charge in [-0.05, 0) is 12.8 Å². The number of aliphatic hydroxyl groups is 2. The SMILES string of the molecule is CCCCCCCCCCCCCCCCCCC(=O)OCC1(CO)COC(=O)CC(S(=O)(=O)[O-])C(=O)OC1.CCCCCCCCCCCCCCCCCCC(=O)OCC1(CO)COC(=O)CC(S(=O)(=O)[O-])C(=O)OC1.[Ca+2]. The van der Waals surface area contributed by atoms with Gasteiger partial charge in [0.1, 0.15) is 59.9 Å². The second-order valence-electron chi connectivity index (χ2n) is 21.7. The Labute approximate surface area is 502 Å². The van der Waals surface area contributed by atoms with Crippen LogP contribution in [0, 0.1) is 10.8 Å². The molecule has 456 valence electrons. The van der Waals surface area contributed by atoms with E-state index in [0.717, 1.165) is 38.5 Å². The van der Waals surface area contributed by atoms with Gasteiger partial charge in [-0.2, -0.15) is 0 Å². The molecule has 0 saturated carbocycles. The number of rotatable bonds is 42. The minimum absolute atomic E-state index is 0. The molecule has 2 rings (SSSR count). The van der Waals surface area contributed by atoms with Crippen molar-refractivity contribution >= 4 is 93.8 Å². The third kappa shape index (κ3) is 38.3. The summed E-state index contributed by atoms with van der Waals surface area (Å²) in [7, 11) is -10.3. The van der Waals surface area contributed by atoms with Crippen LogP contribution < -0.4 is 0 Å². The molecule has 0 aromatic rings. The molecule has 0 radical (unpaired) electrons. The number of esters is 6. The summed E-state index contributed by atoms with van der Waals surface area (Å²) in [4.78, 5) is 72.2. The van der Waals surface area contributed by atoms with Gasteiger partial charge in [-0.15, -0.1) is 0 Å². The zero-order valence-corrected chi connectivity index (χ0v) is 51.9. The average molecular weight is 1200 g/mol. The standard InChI is InChI=1S/2C28H50O10S.Ca/c2*1-2-3-4-5-6-7-8-9-10-11-12-13-14-15-16-17-18-25(30)36-21-28(20-29)22-37-26(31)19-24(39(33,34)35)27(32)38-23-28;/h2*24,29H,2-23H2,1H3,(H,33,34,35);/q;;+2/p-2. The van der Waals surface area contributed by atoms with Gasteiger partial charge >= 0.3 is 73.6 Å². The van der Waals surface area contributed by atoms with Crippen LogP contribution >= 0.6 is 0 Å². The number of cyclic esters (lactones) is 4. The van der Waals surface area contributed by atoms with Crippen molar-refractivity contribution in [1.29, 1.82) is 0 Å². The predicted octanol–water partition coefficient (Wildman–Crippen LogP) is 8.75. The number of carbonyl (C=O) groups excluding carboxylic acids is 6. The van der Waals surface area contributed by atoms with Crippen LogP contribution in [0.5, 0.6) is 0 Å². The first kappa shape index (κ1) is 76.8. The first-order valence-electron chi connectivity index (χ1n) is 29.3. The Balaban J connectivity index is 0.00000152. The van der Waals surface area contributed by atoms with Crippen molar-refractivity contribution < 1.29 is 93.3 Å². The van der Waals surface area contributed by atoms with Crippen molar-refractivity contribution in [3.8, 4) is 0 Å². The van der Waals surface area contributed by atoms with E-state index in [1.165, 1.54) is 154 Å².